The van der Waals surface area contributed by atoms with Crippen LogP contribution in [0.1, 0.15) is 89.2 Å². The highest BCUT2D eigenvalue weighted by molar-refractivity contribution is 5.85. The Kier molecular flexibility index (Phi) is 19.2. The minimum atomic E-state index is -0.601. The van der Waals surface area contributed by atoms with Crippen LogP contribution in [0.4, 0.5) is 4.79 Å². The van der Waals surface area contributed by atoms with Crippen molar-refractivity contribution in [3.05, 3.63) is 214 Å². The van der Waals surface area contributed by atoms with Crippen molar-refractivity contribution in [3.63, 3.8) is 0 Å². The molecular formula is C67H72N8O6. The molecule has 4 heterocycles. The molecule has 4 atom stereocenters. The largest absolute Gasteiger partial charge is 0.444 e. The molecule has 14 nitrogen and oxygen atoms in total. The number of aromatic amines is 2. The van der Waals surface area contributed by atoms with Crippen molar-refractivity contribution in [2.45, 2.75) is 103 Å². The number of aromatic nitrogens is 2. The van der Waals surface area contributed by atoms with Crippen LogP contribution in [0.3, 0.4) is 0 Å². The van der Waals surface area contributed by atoms with Crippen LogP contribution < -0.4 is 21.7 Å². The number of para-hydroxylation sites is 2. The third-order valence-electron chi connectivity index (χ3n) is 14.1. The summed E-state index contributed by atoms with van der Waals surface area (Å²) >= 11 is 0. The van der Waals surface area contributed by atoms with Crippen molar-refractivity contribution >= 4 is 39.7 Å². The number of aryl methyl sites for hydroxylation is 2. The van der Waals surface area contributed by atoms with Gasteiger partial charge in [0, 0.05) is 95.5 Å². The molecule has 3 amide bonds. The molecule has 0 saturated carbocycles. The number of ether oxygens (including phenoxy) is 1. The molecule has 10 rings (SSSR count). The molecule has 2 aliphatic rings. The third kappa shape index (κ3) is 16.3. The van der Waals surface area contributed by atoms with Gasteiger partial charge in [-0.15, -0.1) is 0 Å². The lowest BCUT2D eigenvalue weighted by atomic mass is 10.1. The lowest BCUT2D eigenvalue weighted by Crippen LogP contribution is -2.43. The van der Waals surface area contributed by atoms with Crippen LogP contribution in [-0.2, 0) is 49.9 Å². The van der Waals surface area contributed by atoms with E-state index in [0.717, 1.165) is 61.8 Å². The van der Waals surface area contributed by atoms with Gasteiger partial charge in [0.25, 0.3) is 0 Å². The van der Waals surface area contributed by atoms with Crippen molar-refractivity contribution in [2.75, 3.05) is 26.2 Å². The molecule has 7 N–H and O–H groups in total. The Bertz CT molecular complexity index is 3520. The minimum Gasteiger partial charge on any atom is -0.444 e. The van der Waals surface area contributed by atoms with Gasteiger partial charge in [0.05, 0.1) is 25.3 Å². The quantitative estimate of drug-likeness (QED) is 0.0546. The molecule has 416 valence electrons. The fourth-order valence-electron chi connectivity index (χ4n) is 9.75. The molecule has 2 fully saturated rings. The summed E-state index contributed by atoms with van der Waals surface area (Å²) in [5, 5.41) is 14.8. The topological polar surface area (TPSA) is 179 Å². The van der Waals surface area contributed by atoms with Crippen LogP contribution >= 0.6 is 0 Å². The summed E-state index contributed by atoms with van der Waals surface area (Å²) < 4.78 is 5.37. The van der Waals surface area contributed by atoms with Crippen LogP contribution in [-0.4, -0.2) is 94.1 Å². The number of nitrogens with two attached hydrogens (primary N) is 1. The van der Waals surface area contributed by atoms with E-state index in [2.05, 4.69) is 93.8 Å². The first-order valence-electron chi connectivity index (χ1n) is 27.8. The molecule has 4 unspecified atom stereocenters. The van der Waals surface area contributed by atoms with E-state index in [1.807, 2.05) is 148 Å². The number of hydroxylamine groups is 4. The molecule has 2 aliphatic heterocycles. The van der Waals surface area contributed by atoms with Crippen molar-refractivity contribution in [3.8, 4) is 23.7 Å². The first kappa shape index (κ1) is 57.2. The molecule has 8 aromatic rings. The van der Waals surface area contributed by atoms with E-state index < -0.39 is 17.7 Å². The molecule has 81 heavy (non-hydrogen) atoms. The lowest BCUT2D eigenvalue weighted by molar-refractivity contribution is -0.174. The highest BCUT2D eigenvalue weighted by atomic mass is 16.7. The Morgan fingerprint density at radius 1 is 0.568 bits per heavy atom. The summed E-state index contributed by atoms with van der Waals surface area (Å²) in [7, 11) is 0. The molecule has 0 bridgehead atoms. The summed E-state index contributed by atoms with van der Waals surface area (Å²) in [4.78, 5) is 57.6. The van der Waals surface area contributed by atoms with E-state index in [1.165, 1.54) is 22.1 Å². The molecule has 2 saturated heterocycles. The zero-order valence-corrected chi connectivity index (χ0v) is 46.8. The fourth-order valence-corrected chi connectivity index (χ4v) is 9.75. The highest BCUT2D eigenvalue weighted by Gasteiger charge is 2.39. The number of carbonyl (C=O) groups is 3. The zero-order valence-electron chi connectivity index (χ0n) is 46.8. The van der Waals surface area contributed by atoms with Gasteiger partial charge < -0.3 is 36.4 Å². The predicted octanol–water partition coefficient (Wildman–Crippen LogP) is 9.70. The Morgan fingerprint density at radius 2 is 0.963 bits per heavy atom. The van der Waals surface area contributed by atoms with Gasteiger partial charge in [-0.2, -0.15) is 10.1 Å². The molecule has 14 heteroatoms. The van der Waals surface area contributed by atoms with Gasteiger partial charge in [-0.25, -0.2) is 4.79 Å². The maximum atomic E-state index is 13.4. The summed E-state index contributed by atoms with van der Waals surface area (Å²) in [5.74, 6) is 12.7. The Hall–Kier alpha value is -8.47. The number of rotatable bonds is 15. The van der Waals surface area contributed by atoms with Gasteiger partial charge in [-0.05, 0) is 130 Å². The SMILES string of the molecule is Cc1ccc(C#Cc2ccc(CN3OC(CN)CC3C(=O)NCCc3c[nH]c4ccccc34)cc2)cc1.Cc1ccc(C#Cc2ccc(CN3OC(CNC(=O)OC(C)(C)C)CC3C(=O)NCCc3c[nH]c4ccccc34)cc2)cc1. The van der Waals surface area contributed by atoms with Gasteiger partial charge in [-0.3, -0.25) is 19.3 Å². The first-order chi connectivity index (χ1) is 39.2. The Balaban J connectivity index is 0.000000198. The fraction of sp³-hybridized carbons (Fsp3) is 0.299. The predicted molar refractivity (Wildman–Crippen MR) is 318 cm³/mol. The number of fused-ring (bicyclic) bond motifs is 2. The Labute approximate surface area is 475 Å². The second-order valence-electron chi connectivity index (χ2n) is 21.7. The standard InChI is InChI=1S/C36H40N4O4.C31H32N4O2/c1-25-9-11-26(12-10-25)13-14-27-15-17-28(18-16-27)24-40-33(21-30(44-40)23-39-35(42)43-36(2,3)4)34(41)37-20-19-29-22-38-32-8-6-5-7-31(29)32;1-22-6-8-23(9-7-22)10-11-24-12-14-25(15-13-24)21-35-30(18-27(19-32)37-35)31(36)33-17-16-26-20-34-29-5-3-2-4-28(26)29/h5-12,15-18,22,30,33,38H,19-21,23-24H2,1-4H3,(H,37,41)(H,39,42);2-9,12-15,20,27,30,34H,16-19,21,32H2,1H3,(H,33,36). The summed E-state index contributed by atoms with van der Waals surface area (Å²) in [6.07, 6.45) is 5.45. The summed E-state index contributed by atoms with van der Waals surface area (Å²) in [5.41, 5.74) is 18.1. The van der Waals surface area contributed by atoms with E-state index in [1.54, 1.807) is 10.1 Å². The van der Waals surface area contributed by atoms with Crippen LogP contribution in [0.2, 0.25) is 0 Å². The van der Waals surface area contributed by atoms with Crippen molar-refractivity contribution in [2.24, 2.45) is 5.73 Å². The van der Waals surface area contributed by atoms with Crippen molar-refractivity contribution in [1.29, 1.82) is 0 Å². The van der Waals surface area contributed by atoms with Crippen molar-refractivity contribution < 1.29 is 28.8 Å². The monoisotopic (exact) mass is 1080 g/mol. The zero-order chi connectivity index (χ0) is 56.7. The van der Waals surface area contributed by atoms with Gasteiger partial charge in [-0.1, -0.05) is 120 Å². The summed E-state index contributed by atoms with van der Waals surface area (Å²) in [6.45, 7) is 12.2. The van der Waals surface area contributed by atoms with Crippen LogP contribution in [0, 0.1) is 37.5 Å². The maximum Gasteiger partial charge on any atom is 0.407 e. The number of benzene rings is 6. The number of amides is 3. The summed E-state index contributed by atoms with van der Waals surface area (Å²) in [6, 6.07) is 47.8. The maximum absolute atomic E-state index is 13.4. The highest BCUT2D eigenvalue weighted by Crippen LogP contribution is 2.27. The molecular weight excluding hydrogens is 1010 g/mol. The number of alkyl carbamates (subject to hydrolysis) is 1. The van der Waals surface area contributed by atoms with Gasteiger partial charge >= 0.3 is 6.09 Å². The minimum absolute atomic E-state index is 0.0311. The average molecular weight is 1090 g/mol. The van der Waals surface area contributed by atoms with Crippen molar-refractivity contribution in [1.82, 2.24) is 36.0 Å². The second kappa shape index (κ2) is 27.1. The van der Waals surface area contributed by atoms with Gasteiger partial charge in [0.2, 0.25) is 11.8 Å². The number of hydrogen-bond donors (Lipinski definition) is 6. The first-order valence-corrected chi connectivity index (χ1v) is 27.8. The molecule has 0 radical (unpaired) electrons. The third-order valence-corrected chi connectivity index (χ3v) is 14.1. The average Bonchev–Trinajstić information content (AvgIpc) is 4.29. The van der Waals surface area contributed by atoms with E-state index in [-0.39, 0.29) is 36.6 Å². The van der Waals surface area contributed by atoms with E-state index in [0.29, 0.717) is 52.0 Å². The molecule has 6 aromatic carbocycles. The molecule has 0 spiro atoms. The Morgan fingerprint density at radius 3 is 1.38 bits per heavy atom. The van der Waals surface area contributed by atoms with E-state index in [4.69, 9.17) is 20.1 Å². The number of nitrogens with one attached hydrogen (secondary N) is 5. The normalized spacial score (nSPS) is 17.1. The number of H-pyrrole nitrogens is 2. The van der Waals surface area contributed by atoms with E-state index >= 15 is 0 Å². The number of nitrogens with zero attached hydrogens (tertiary/aromatic N) is 2. The van der Waals surface area contributed by atoms with Gasteiger partial charge in [0.1, 0.15) is 17.7 Å². The molecule has 2 aromatic heterocycles. The smallest absolute Gasteiger partial charge is 0.407 e. The lowest BCUT2D eigenvalue weighted by Gasteiger charge is -2.22. The van der Waals surface area contributed by atoms with Gasteiger partial charge in [0.15, 0.2) is 0 Å². The van der Waals surface area contributed by atoms with Crippen LogP contribution in [0.15, 0.2) is 158 Å². The second-order valence-corrected chi connectivity index (χ2v) is 21.7. The van der Waals surface area contributed by atoms with E-state index in [9.17, 15) is 14.4 Å². The number of carbonyl (C=O) groups excluding carboxylic acids is 3. The van der Waals surface area contributed by atoms with Crippen LogP contribution in [0.5, 0.6) is 0 Å². The molecule has 0 aliphatic carbocycles. The van der Waals surface area contributed by atoms with Crippen LogP contribution in [0.25, 0.3) is 21.8 Å². The number of hydrogen-bond acceptors (Lipinski definition) is 9.